The largest absolute Gasteiger partial charge is 0.496 e. The third kappa shape index (κ3) is 4.68. The first-order chi connectivity index (χ1) is 13.6. The molecular weight excluding hydrogens is 360 g/mol. The number of rotatable bonds is 6. The number of fused-ring (bicyclic) bond motifs is 1. The summed E-state index contributed by atoms with van der Waals surface area (Å²) in [6.45, 7) is 0.438. The standard InChI is InChI=1S/C21H22N2O5/c1-27-18-9-5-4-8-17(18)21(26)22-12-20(25)28-14-19(24)23-11-10-15-6-2-3-7-16(15)13-23/h2-9H,10-14H2,1H3,(H,22,26). The number of carbonyl (C=O) groups excluding carboxylic acids is 3. The molecule has 1 aliphatic rings. The number of carbonyl (C=O) groups is 3. The lowest BCUT2D eigenvalue weighted by molar-refractivity contribution is -0.151. The maximum absolute atomic E-state index is 12.3. The number of nitrogens with zero attached hydrogens (tertiary/aromatic N) is 1. The number of ether oxygens (including phenoxy) is 2. The molecule has 0 aliphatic carbocycles. The van der Waals surface area contributed by atoms with E-state index in [0.29, 0.717) is 24.4 Å². The molecule has 0 bridgehead atoms. The molecule has 1 N–H and O–H groups in total. The highest BCUT2D eigenvalue weighted by molar-refractivity contribution is 5.98. The zero-order valence-electron chi connectivity index (χ0n) is 15.6. The molecule has 2 aromatic rings. The molecule has 0 fully saturated rings. The second kappa shape index (κ2) is 9.03. The van der Waals surface area contributed by atoms with Gasteiger partial charge in [0.05, 0.1) is 12.7 Å². The van der Waals surface area contributed by atoms with E-state index in [9.17, 15) is 14.4 Å². The Labute approximate surface area is 163 Å². The Kier molecular flexibility index (Phi) is 6.26. The summed E-state index contributed by atoms with van der Waals surface area (Å²) in [5.74, 6) is -0.963. The van der Waals surface area contributed by atoms with Crippen LogP contribution in [0.5, 0.6) is 5.75 Å². The maximum Gasteiger partial charge on any atom is 0.325 e. The first kappa shape index (κ1) is 19.4. The van der Waals surface area contributed by atoms with Crippen molar-refractivity contribution in [2.45, 2.75) is 13.0 Å². The SMILES string of the molecule is COc1ccccc1C(=O)NCC(=O)OCC(=O)N1CCc2ccccc2C1. The van der Waals surface area contributed by atoms with Crippen LogP contribution in [0.4, 0.5) is 0 Å². The van der Waals surface area contributed by atoms with E-state index in [1.54, 1.807) is 29.2 Å². The van der Waals surface area contributed by atoms with E-state index in [4.69, 9.17) is 9.47 Å². The van der Waals surface area contributed by atoms with Crippen molar-refractivity contribution in [3.63, 3.8) is 0 Å². The highest BCUT2D eigenvalue weighted by Crippen LogP contribution is 2.18. The van der Waals surface area contributed by atoms with Gasteiger partial charge in [-0.25, -0.2) is 0 Å². The summed E-state index contributed by atoms with van der Waals surface area (Å²) in [5, 5.41) is 2.47. The third-order valence-electron chi connectivity index (χ3n) is 4.58. The first-order valence-corrected chi connectivity index (χ1v) is 9.00. The van der Waals surface area contributed by atoms with Gasteiger partial charge in [-0.2, -0.15) is 0 Å². The molecule has 146 valence electrons. The molecule has 1 heterocycles. The van der Waals surface area contributed by atoms with E-state index in [1.165, 1.54) is 12.7 Å². The van der Waals surface area contributed by atoms with Crippen LogP contribution in [0.3, 0.4) is 0 Å². The average molecular weight is 382 g/mol. The average Bonchev–Trinajstić information content (AvgIpc) is 2.75. The van der Waals surface area contributed by atoms with Crippen molar-refractivity contribution in [2.24, 2.45) is 0 Å². The molecule has 0 saturated heterocycles. The molecule has 1 aliphatic heterocycles. The van der Waals surface area contributed by atoms with Gasteiger partial charge >= 0.3 is 5.97 Å². The van der Waals surface area contributed by atoms with Gasteiger partial charge in [0.1, 0.15) is 12.3 Å². The van der Waals surface area contributed by atoms with Gasteiger partial charge in [-0.1, -0.05) is 36.4 Å². The number of benzene rings is 2. The fourth-order valence-electron chi connectivity index (χ4n) is 3.07. The molecule has 0 aromatic heterocycles. The Bertz CT molecular complexity index is 881. The molecule has 0 spiro atoms. The number of nitrogens with one attached hydrogen (secondary N) is 1. The lowest BCUT2D eigenvalue weighted by atomic mass is 10.00. The minimum atomic E-state index is -0.672. The summed E-state index contributed by atoms with van der Waals surface area (Å²) in [4.78, 5) is 38.0. The fraction of sp³-hybridized carbons (Fsp3) is 0.286. The molecule has 0 saturated carbocycles. The summed E-state index contributed by atoms with van der Waals surface area (Å²) in [5.41, 5.74) is 2.67. The Balaban J connectivity index is 1.44. The molecule has 7 heteroatoms. The molecule has 0 radical (unpaired) electrons. The van der Waals surface area contributed by atoms with Gasteiger partial charge in [0.15, 0.2) is 6.61 Å². The van der Waals surface area contributed by atoms with Gasteiger partial charge in [0.25, 0.3) is 11.8 Å². The molecular formula is C21H22N2O5. The number of methoxy groups -OCH3 is 1. The fourth-order valence-corrected chi connectivity index (χ4v) is 3.07. The lowest BCUT2D eigenvalue weighted by Crippen LogP contribution is -2.39. The van der Waals surface area contributed by atoms with Gasteiger partial charge in [0, 0.05) is 13.1 Å². The second-order valence-electron chi connectivity index (χ2n) is 6.38. The first-order valence-electron chi connectivity index (χ1n) is 9.00. The topological polar surface area (TPSA) is 84.9 Å². The number of amides is 2. The smallest absolute Gasteiger partial charge is 0.325 e. The van der Waals surface area contributed by atoms with Crippen molar-refractivity contribution in [1.29, 1.82) is 0 Å². The highest BCUT2D eigenvalue weighted by Gasteiger charge is 2.21. The zero-order valence-corrected chi connectivity index (χ0v) is 15.6. The molecule has 0 atom stereocenters. The van der Waals surface area contributed by atoms with Crippen LogP contribution in [-0.2, 0) is 27.3 Å². The van der Waals surface area contributed by atoms with Crippen LogP contribution < -0.4 is 10.1 Å². The summed E-state index contributed by atoms with van der Waals surface area (Å²) in [6, 6.07) is 14.7. The Hall–Kier alpha value is -3.35. The maximum atomic E-state index is 12.3. The zero-order chi connectivity index (χ0) is 19.9. The van der Waals surface area contributed by atoms with Crippen molar-refractivity contribution in [2.75, 3.05) is 26.8 Å². The predicted octanol–water partition coefficient (Wildman–Crippen LogP) is 1.55. The van der Waals surface area contributed by atoms with Crippen LogP contribution in [0, 0.1) is 0 Å². The number of esters is 1. The number of hydrogen-bond donors (Lipinski definition) is 1. The van der Waals surface area contributed by atoms with Gasteiger partial charge in [-0.15, -0.1) is 0 Å². The van der Waals surface area contributed by atoms with E-state index in [2.05, 4.69) is 11.4 Å². The van der Waals surface area contributed by atoms with Crippen molar-refractivity contribution >= 4 is 17.8 Å². The van der Waals surface area contributed by atoms with Gasteiger partial charge < -0.3 is 19.7 Å². The molecule has 2 aromatic carbocycles. The molecule has 0 unspecified atom stereocenters. The van der Waals surface area contributed by atoms with Crippen molar-refractivity contribution in [3.05, 3.63) is 65.2 Å². The number of hydrogen-bond acceptors (Lipinski definition) is 5. The second-order valence-corrected chi connectivity index (χ2v) is 6.38. The van der Waals surface area contributed by atoms with Crippen molar-refractivity contribution in [1.82, 2.24) is 10.2 Å². The van der Waals surface area contributed by atoms with Gasteiger partial charge in [-0.05, 0) is 29.7 Å². The van der Waals surface area contributed by atoms with E-state index in [0.717, 1.165) is 12.0 Å². The van der Waals surface area contributed by atoms with Crippen LogP contribution >= 0.6 is 0 Å². The van der Waals surface area contributed by atoms with Crippen LogP contribution in [0.1, 0.15) is 21.5 Å². The summed E-state index contributed by atoms with van der Waals surface area (Å²) in [7, 11) is 1.46. The lowest BCUT2D eigenvalue weighted by Gasteiger charge is -2.28. The van der Waals surface area contributed by atoms with Crippen molar-refractivity contribution < 1.29 is 23.9 Å². The highest BCUT2D eigenvalue weighted by atomic mass is 16.5. The summed E-state index contributed by atoms with van der Waals surface area (Å²) in [6.07, 6.45) is 0.783. The van der Waals surface area contributed by atoms with Gasteiger partial charge in [-0.3, -0.25) is 14.4 Å². The third-order valence-corrected chi connectivity index (χ3v) is 4.58. The van der Waals surface area contributed by atoms with E-state index < -0.39 is 11.9 Å². The Morgan fingerprint density at radius 1 is 1.04 bits per heavy atom. The van der Waals surface area contributed by atoms with E-state index in [1.807, 2.05) is 18.2 Å². The number of para-hydroxylation sites is 1. The minimum absolute atomic E-state index is 0.251. The van der Waals surface area contributed by atoms with E-state index >= 15 is 0 Å². The monoisotopic (exact) mass is 382 g/mol. The normalized spacial score (nSPS) is 12.7. The van der Waals surface area contributed by atoms with Crippen molar-refractivity contribution in [3.8, 4) is 5.75 Å². The van der Waals surface area contributed by atoms with Crippen LogP contribution in [-0.4, -0.2) is 49.5 Å². The van der Waals surface area contributed by atoms with Crippen LogP contribution in [0.2, 0.25) is 0 Å². The molecule has 7 nitrogen and oxygen atoms in total. The van der Waals surface area contributed by atoms with E-state index in [-0.39, 0.29) is 19.1 Å². The Morgan fingerprint density at radius 3 is 2.54 bits per heavy atom. The predicted molar refractivity (Wildman–Crippen MR) is 102 cm³/mol. The summed E-state index contributed by atoms with van der Waals surface area (Å²) < 4.78 is 10.1. The van der Waals surface area contributed by atoms with Crippen LogP contribution in [0.15, 0.2) is 48.5 Å². The van der Waals surface area contributed by atoms with Crippen LogP contribution in [0.25, 0.3) is 0 Å². The molecule has 28 heavy (non-hydrogen) atoms. The quantitative estimate of drug-likeness (QED) is 0.767. The minimum Gasteiger partial charge on any atom is -0.496 e. The Morgan fingerprint density at radius 2 is 1.75 bits per heavy atom. The molecule has 3 rings (SSSR count). The molecule has 2 amide bonds. The summed E-state index contributed by atoms with van der Waals surface area (Å²) >= 11 is 0. The van der Waals surface area contributed by atoms with Gasteiger partial charge in [0.2, 0.25) is 0 Å².